The van der Waals surface area contributed by atoms with E-state index in [2.05, 4.69) is 9.80 Å². The summed E-state index contributed by atoms with van der Waals surface area (Å²) in [4.78, 5) is 18.8. The molecule has 1 N–H and O–H groups in total. The number of piperazine rings is 1. The van der Waals surface area contributed by atoms with Gasteiger partial charge in [-0.3, -0.25) is 9.69 Å². The van der Waals surface area contributed by atoms with Gasteiger partial charge in [-0.1, -0.05) is 0 Å². The highest BCUT2D eigenvalue weighted by molar-refractivity contribution is 5.76. The van der Waals surface area contributed by atoms with Crippen LogP contribution in [0.1, 0.15) is 32.6 Å². The molecule has 5 heteroatoms. The molecule has 2 aliphatic rings. The molecule has 0 radical (unpaired) electrons. The number of piperidine rings is 1. The minimum absolute atomic E-state index is 0.248. The molecule has 0 spiro atoms. The number of amides is 1. The second-order valence-electron chi connectivity index (χ2n) is 6.18. The Morgan fingerprint density at radius 1 is 1.00 bits per heavy atom. The number of carbonyl (C=O) groups excluding carboxylic acids is 1. The fraction of sp³-hybridized carbons (Fsp3) is 0.933. The van der Waals surface area contributed by atoms with Crippen LogP contribution in [0, 0.1) is 0 Å². The van der Waals surface area contributed by atoms with E-state index in [-0.39, 0.29) is 6.10 Å². The average Bonchev–Trinajstić information content (AvgIpc) is 2.46. The summed E-state index contributed by atoms with van der Waals surface area (Å²) < 4.78 is 0. The monoisotopic (exact) mass is 283 g/mol. The lowest BCUT2D eigenvalue weighted by Crippen LogP contribution is -2.49. The van der Waals surface area contributed by atoms with Crippen LogP contribution in [0.25, 0.3) is 0 Å². The Balaban J connectivity index is 1.61. The van der Waals surface area contributed by atoms with Crippen LogP contribution in [-0.4, -0.2) is 84.2 Å². The van der Waals surface area contributed by atoms with Gasteiger partial charge in [0.25, 0.3) is 0 Å². The van der Waals surface area contributed by atoms with Gasteiger partial charge in [0, 0.05) is 58.8 Å². The molecule has 2 rings (SSSR count). The van der Waals surface area contributed by atoms with Crippen LogP contribution in [-0.2, 0) is 4.79 Å². The topological polar surface area (TPSA) is 47.0 Å². The van der Waals surface area contributed by atoms with Gasteiger partial charge in [-0.05, 0) is 26.2 Å². The summed E-state index contributed by atoms with van der Waals surface area (Å²) in [5.41, 5.74) is 0. The molecule has 2 fully saturated rings. The maximum absolute atomic E-state index is 12.1. The first-order chi connectivity index (χ1) is 9.65. The van der Waals surface area contributed by atoms with Crippen molar-refractivity contribution >= 4 is 5.91 Å². The van der Waals surface area contributed by atoms with Crippen LogP contribution >= 0.6 is 0 Å². The SMILES string of the molecule is C[C@H](O)CN1CCN(CCC(=O)N2CCCCC2)CC1. The Morgan fingerprint density at radius 2 is 1.60 bits per heavy atom. The van der Waals surface area contributed by atoms with E-state index >= 15 is 0 Å². The van der Waals surface area contributed by atoms with Crippen molar-refractivity contribution in [3.05, 3.63) is 0 Å². The number of aliphatic hydroxyl groups excluding tert-OH is 1. The van der Waals surface area contributed by atoms with Crippen LogP contribution in [0.4, 0.5) is 0 Å². The number of aliphatic hydroxyl groups is 1. The Kier molecular flexibility index (Phi) is 6.26. The van der Waals surface area contributed by atoms with Crippen molar-refractivity contribution in [2.75, 3.05) is 52.4 Å². The highest BCUT2D eigenvalue weighted by Crippen LogP contribution is 2.11. The third-order valence-electron chi connectivity index (χ3n) is 4.34. The molecular weight excluding hydrogens is 254 g/mol. The van der Waals surface area contributed by atoms with E-state index in [0.29, 0.717) is 12.3 Å². The highest BCUT2D eigenvalue weighted by atomic mass is 16.3. The summed E-state index contributed by atoms with van der Waals surface area (Å²) in [6.07, 6.45) is 4.03. The molecule has 0 bridgehead atoms. The zero-order valence-electron chi connectivity index (χ0n) is 12.8. The van der Waals surface area contributed by atoms with Crippen molar-refractivity contribution in [1.82, 2.24) is 14.7 Å². The summed E-state index contributed by atoms with van der Waals surface area (Å²) in [7, 11) is 0. The lowest BCUT2D eigenvalue weighted by Gasteiger charge is -2.35. The minimum Gasteiger partial charge on any atom is -0.392 e. The van der Waals surface area contributed by atoms with Crippen molar-refractivity contribution in [1.29, 1.82) is 0 Å². The smallest absolute Gasteiger partial charge is 0.223 e. The predicted octanol–water partition coefficient (Wildman–Crippen LogP) is 0.387. The van der Waals surface area contributed by atoms with Crippen LogP contribution in [0.2, 0.25) is 0 Å². The van der Waals surface area contributed by atoms with Crippen molar-refractivity contribution in [2.24, 2.45) is 0 Å². The van der Waals surface area contributed by atoms with Crippen molar-refractivity contribution in [3.63, 3.8) is 0 Å². The molecule has 0 unspecified atom stereocenters. The molecule has 0 saturated carbocycles. The molecule has 0 aromatic heterocycles. The molecule has 5 nitrogen and oxygen atoms in total. The predicted molar refractivity (Wildman–Crippen MR) is 79.6 cm³/mol. The molecule has 0 aromatic carbocycles. The van der Waals surface area contributed by atoms with Gasteiger partial charge in [-0.2, -0.15) is 0 Å². The van der Waals surface area contributed by atoms with Crippen LogP contribution in [0.5, 0.6) is 0 Å². The van der Waals surface area contributed by atoms with E-state index in [0.717, 1.165) is 52.4 Å². The highest BCUT2D eigenvalue weighted by Gasteiger charge is 2.20. The largest absolute Gasteiger partial charge is 0.392 e. The minimum atomic E-state index is -0.248. The van der Waals surface area contributed by atoms with Gasteiger partial charge in [-0.25, -0.2) is 0 Å². The molecule has 2 heterocycles. The fourth-order valence-corrected chi connectivity index (χ4v) is 3.12. The Bertz CT molecular complexity index is 295. The number of rotatable bonds is 5. The van der Waals surface area contributed by atoms with Gasteiger partial charge < -0.3 is 14.9 Å². The van der Waals surface area contributed by atoms with E-state index < -0.39 is 0 Å². The lowest BCUT2D eigenvalue weighted by molar-refractivity contribution is -0.132. The molecule has 2 aliphatic heterocycles. The molecule has 2 saturated heterocycles. The standard InChI is InChI=1S/C15H29N3O2/c1-14(19)13-17-11-9-16(10-12-17)8-5-15(20)18-6-3-2-4-7-18/h14,19H,2-13H2,1H3/t14-/m0/s1. The van der Waals surface area contributed by atoms with Crippen molar-refractivity contribution in [3.8, 4) is 0 Å². The summed E-state index contributed by atoms with van der Waals surface area (Å²) >= 11 is 0. The zero-order chi connectivity index (χ0) is 14.4. The molecule has 0 aromatic rings. The molecule has 1 atom stereocenters. The molecule has 0 aliphatic carbocycles. The average molecular weight is 283 g/mol. The normalized spacial score (nSPS) is 23.8. The van der Waals surface area contributed by atoms with Gasteiger partial charge in [0.15, 0.2) is 0 Å². The van der Waals surface area contributed by atoms with E-state index in [1.54, 1.807) is 0 Å². The molecule has 1 amide bonds. The van der Waals surface area contributed by atoms with Crippen LogP contribution in [0.3, 0.4) is 0 Å². The Morgan fingerprint density at radius 3 is 2.20 bits per heavy atom. The maximum Gasteiger partial charge on any atom is 0.223 e. The number of hydrogen-bond acceptors (Lipinski definition) is 4. The quantitative estimate of drug-likeness (QED) is 0.793. The van der Waals surface area contributed by atoms with Gasteiger partial charge >= 0.3 is 0 Å². The summed E-state index contributed by atoms with van der Waals surface area (Å²) in [6.45, 7) is 9.44. The fourth-order valence-electron chi connectivity index (χ4n) is 3.12. The van der Waals surface area contributed by atoms with E-state index in [1.165, 1.54) is 19.3 Å². The van der Waals surface area contributed by atoms with Crippen LogP contribution in [0.15, 0.2) is 0 Å². The zero-order valence-corrected chi connectivity index (χ0v) is 12.8. The van der Waals surface area contributed by atoms with Gasteiger partial charge in [0.2, 0.25) is 5.91 Å². The van der Waals surface area contributed by atoms with Gasteiger partial charge in [0.1, 0.15) is 0 Å². The number of likely N-dealkylation sites (tertiary alicyclic amines) is 1. The Labute approximate surface area is 122 Å². The second-order valence-corrected chi connectivity index (χ2v) is 6.18. The van der Waals surface area contributed by atoms with Gasteiger partial charge in [0.05, 0.1) is 6.10 Å². The summed E-state index contributed by atoms with van der Waals surface area (Å²) in [5, 5.41) is 9.39. The third kappa shape index (κ3) is 5.04. The second kappa shape index (κ2) is 7.96. The van der Waals surface area contributed by atoms with E-state index in [1.807, 2.05) is 11.8 Å². The summed E-state index contributed by atoms with van der Waals surface area (Å²) in [6, 6.07) is 0. The maximum atomic E-state index is 12.1. The first-order valence-corrected chi connectivity index (χ1v) is 8.05. The number of hydrogen-bond donors (Lipinski definition) is 1. The van der Waals surface area contributed by atoms with Crippen molar-refractivity contribution in [2.45, 2.75) is 38.7 Å². The van der Waals surface area contributed by atoms with Gasteiger partial charge in [-0.15, -0.1) is 0 Å². The lowest BCUT2D eigenvalue weighted by atomic mass is 10.1. The van der Waals surface area contributed by atoms with Crippen molar-refractivity contribution < 1.29 is 9.90 Å². The molecular formula is C15H29N3O2. The molecule has 116 valence electrons. The number of β-amino-alcohol motifs (C(OH)–C–C–N with tert-alkyl or cyclic N) is 1. The summed E-state index contributed by atoms with van der Waals surface area (Å²) in [5.74, 6) is 0.330. The number of carbonyl (C=O) groups is 1. The number of nitrogens with zero attached hydrogens (tertiary/aromatic N) is 3. The van der Waals surface area contributed by atoms with Crippen LogP contribution < -0.4 is 0 Å². The molecule has 20 heavy (non-hydrogen) atoms. The first-order valence-electron chi connectivity index (χ1n) is 8.05. The Hall–Kier alpha value is -0.650. The van der Waals surface area contributed by atoms with E-state index in [9.17, 15) is 9.90 Å². The third-order valence-corrected chi connectivity index (χ3v) is 4.34. The first kappa shape index (κ1) is 15.7. The van der Waals surface area contributed by atoms with E-state index in [4.69, 9.17) is 0 Å².